The van der Waals surface area contributed by atoms with E-state index in [0.29, 0.717) is 28.0 Å². The molecule has 8 heteroatoms. The lowest BCUT2D eigenvalue weighted by Gasteiger charge is -2.15. The van der Waals surface area contributed by atoms with Gasteiger partial charge in [-0.05, 0) is 37.3 Å². The number of thioether (sulfide) groups is 1. The molecule has 0 saturated carbocycles. The second-order valence-electron chi connectivity index (χ2n) is 6.32. The largest absolute Gasteiger partial charge is 0.493 e. The maximum Gasteiger partial charge on any atom is 0.190 e. The molecule has 0 aliphatic carbocycles. The molecule has 0 amide bonds. The molecule has 1 aromatic heterocycles. The highest BCUT2D eigenvalue weighted by molar-refractivity contribution is 7.99. The van der Waals surface area contributed by atoms with Crippen LogP contribution in [-0.4, -0.2) is 53.5 Å². The van der Waals surface area contributed by atoms with Crippen LogP contribution in [0.4, 0.5) is 5.82 Å². The molecule has 1 heterocycles. The third-order valence-electron chi connectivity index (χ3n) is 4.23. The number of carbonyl (C=O) groups excluding carboxylic acids is 1. The summed E-state index contributed by atoms with van der Waals surface area (Å²) in [4.78, 5) is 20.5. The number of rotatable bonds is 9. The van der Waals surface area contributed by atoms with Crippen LogP contribution in [0, 0.1) is 0 Å². The molecule has 0 fully saturated rings. The van der Waals surface area contributed by atoms with E-state index < -0.39 is 6.10 Å². The Hall–Kier alpha value is -2.84. The van der Waals surface area contributed by atoms with Gasteiger partial charge in [0.25, 0.3) is 0 Å². The molecule has 2 aromatic carbocycles. The number of para-hydroxylation sites is 1. The Morgan fingerprint density at radius 2 is 2.00 bits per heavy atom. The van der Waals surface area contributed by atoms with Crippen molar-refractivity contribution in [2.24, 2.45) is 0 Å². The maximum absolute atomic E-state index is 11.5. The smallest absolute Gasteiger partial charge is 0.190 e. The number of fused-ring (bicyclic) bond motifs is 1. The number of anilines is 1. The molecule has 0 aliphatic rings. The average molecular weight is 413 g/mol. The number of nitrogens with one attached hydrogen (secondary N) is 1. The van der Waals surface area contributed by atoms with E-state index >= 15 is 0 Å². The summed E-state index contributed by atoms with van der Waals surface area (Å²) in [6.45, 7) is 1.57. The Balaban J connectivity index is 1.61. The molecule has 0 radical (unpaired) electrons. The summed E-state index contributed by atoms with van der Waals surface area (Å²) >= 11 is 1.36. The summed E-state index contributed by atoms with van der Waals surface area (Å²) in [5.41, 5.74) is 1.38. The van der Waals surface area contributed by atoms with Crippen LogP contribution in [0.2, 0.25) is 0 Å². The highest BCUT2D eigenvalue weighted by atomic mass is 32.2. The van der Waals surface area contributed by atoms with Crippen molar-refractivity contribution in [1.82, 2.24) is 9.97 Å². The van der Waals surface area contributed by atoms with Gasteiger partial charge in [0, 0.05) is 23.8 Å². The molecule has 29 heavy (non-hydrogen) atoms. The standard InChI is InChI=1S/C21H23N3O4S/c1-13(25)14-8-9-18(19(10-14)27-3)28-11-15(26)12-29-21-23-17-7-5-4-6-16(17)20(22-2)24-21/h4-10,15,26H,11-12H2,1-3H3,(H,22,23,24)/t15-/m1/s1. The lowest BCUT2D eigenvalue weighted by atomic mass is 10.1. The van der Waals surface area contributed by atoms with Gasteiger partial charge in [-0.1, -0.05) is 23.9 Å². The van der Waals surface area contributed by atoms with Crippen molar-refractivity contribution < 1.29 is 19.4 Å². The quantitative estimate of drug-likeness (QED) is 0.313. The number of nitrogens with zero attached hydrogens (tertiary/aromatic N) is 2. The molecule has 0 spiro atoms. The fourth-order valence-electron chi connectivity index (χ4n) is 2.72. The fourth-order valence-corrected chi connectivity index (χ4v) is 3.48. The molecular formula is C21H23N3O4S. The Kier molecular flexibility index (Phi) is 6.90. The topological polar surface area (TPSA) is 93.6 Å². The molecule has 152 valence electrons. The summed E-state index contributed by atoms with van der Waals surface area (Å²) in [6, 6.07) is 12.7. The number of aliphatic hydroxyl groups is 1. The molecule has 1 atom stereocenters. The van der Waals surface area contributed by atoms with E-state index in [4.69, 9.17) is 9.47 Å². The van der Waals surface area contributed by atoms with Gasteiger partial charge < -0.3 is 19.9 Å². The monoisotopic (exact) mass is 413 g/mol. The van der Waals surface area contributed by atoms with Gasteiger partial charge in [-0.2, -0.15) is 0 Å². The van der Waals surface area contributed by atoms with Gasteiger partial charge in [0.2, 0.25) is 0 Å². The Morgan fingerprint density at radius 3 is 2.72 bits per heavy atom. The highest BCUT2D eigenvalue weighted by Crippen LogP contribution is 2.29. The van der Waals surface area contributed by atoms with Crippen LogP contribution in [0.15, 0.2) is 47.6 Å². The number of aromatic nitrogens is 2. The minimum Gasteiger partial charge on any atom is -0.493 e. The molecular weight excluding hydrogens is 390 g/mol. The van der Waals surface area contributed by atoms with E-state index in [9.17, 15) is 9.90 Å². The Labute approximate surface area is 173 Å². The number of aliphatic hydroxyl groups excluding tert-OH is 1. The maximum atomic E-state index is 11.5. The van der Waals surface area contributed by atoms with Crippen LogP contribution in [-0.2, 0) is 0 Å². The second-order valence-corrected chi connectivity index (χ2v) is 7.31. The third-order valence-corrected chi connectivity index (χ3v) is 5.22. The van der Waals surface area contributed by atoms with E-state index in [1.54, 1.807) is 18.2 Å². The lowest BCUT2D eigenvalue weighted by molar-refractivity contribution is 0.101. The number of Topliss-reactive ketones (excluding diaryl/α,β-unsaturated/α-hetero) is 1. The normalized spacial score (nSPS) is 11.9. The highest BCUT2D eigenvalue weighted by Gasteiger charge is 2.13. The molecule has 2 N–H and O–H groups in total. The van der Waals surface area contributed by atoms with E-state index in [0.717, 1.165) is 16.7 Å². The minimum atomic E-state index is -0.731. The lowest BCUT2D eigenvalue weighted by Crippen LogP contribution is -2.20. The van der Waals surface area contributed by atoms with Crippen LogP contribution in [0.25, 0.3) is 10.9 Å². The summed E-state index contributed by atoms with van der Waals surface area (Å²) in [7, 11) is 3.32. The summed E-state index contributed by atoms with van der Waals surface area (Å²) in [6.07, 6.45) is -0.731. The predicted octanol–water partition coefficient (Wildman–Crippen LogP) is 3.41. The first-order valence-corrected chi connectivity index (χ1v) is 10.1. The first-order chi connectivity index (χ1) is 14.0. The van der Waals surface area contributed by atoms with Crippen LogP contribution < -0.4 is 14.8 Å². The fraction of sp³-hybridized carbons (Fsp3) is 0.286. The van der Waals surface area contributed by atoms with Gasteiger partial charge >= 0.3 is 0 Å². The van der Waals surface area contributed by atoms with Crippen LogP contribution in [0.3, 0.4) is 0 Å². The molecule has 0 saturated heterocycles. The van der Waals surface area contributed by atoms with E-state index in [2.05, 4.69) is 15.3 Å². The number of ketones is 1. The van der Waals surface area contributed by atoms with Gasteiger partial charge in [0.15, 0.2) is 22.4 Å². The van der Waals surface area contributed by atoms with Crippen molar-refractivity contribution in [2.45, 2.75) is 18.2 Å². The number of carbonyl (C=O) groups is 1. The number of ether oxygens (including phenoxy) is 2. The first kappa shape index (κ1) is 20.9. The minimum absolute atomic E-state index is 0.0531. The first-order valence-electron chi connectivity index (χ1n) is 9.09. The Morgan fingerprint density at radius 1 is 1.21 bits per heavy atom. The second kappa shape index (κ2) is 9.58. The predicted molar refractivity (Wildman–Crippen MR) is 114 cm³/mol. The molecule has 0 aliphatic heterocycles. The van der Waals surface area contributed by atoms with E-state index in [1.165, 1.54) is 25.8 Å². The zero-order valence-corrected chi connectivity index (χ0v) is 17.3. The van der Waals surface area contributed by atoms with Gasteiger partial charge in [-0.25, -0.2) is 9.97 Å². The van der Waals surface area contributed by atoms with E-state index in [1.807, 2.05) is 31.3 Å². The van der Waals surface area contributed by atoms with Crippen LogP contribution in [0.5, 0.6) is 11.5 Å². The molecule has 0 bridgehead atoms. The van der Waals surface area contributed by atoms with Gasteiger partial charge in [-0.15, -0.1) is 0 Å². The molecule has 3 rings (SSSR count). The van der Waals surface area contributed by atoms with Crippen molar-refractivity contribution >= 4 is 34.3 Å². The number of hydrogen-bond acceptors (Lipinski definition) is 8. The van der Waals surface area contributed by atoms with Crippen LogP contribution in [0.1, 0.15) is 17.3 Å². The zero-order valence-electron chi connectivity index (χ0n) is 16.5. The number of hydrogen-bond donors (Lipinski definition) is 2. The summed E-state index contributed by atoms with van der Waals surface area (Å²) in [5, 5.41) is 14.9. The molecule has 7 nitrogen and oxygen atoms in total. The zero-order chi connectivity index (χ0) is 20.8. The van der Waals surface area contributed by atoms with Crippen LogP contribution >= 0.6 is 11.8 Å². The number of benzene rings is 2. The summed E-state index contributed by atoms with van der Waals surface area (Å²) < 4.78 is 10.9. The van der Waals surface area contributed by atoms with Crippen molar-refractivity contribution in [3.8, 4) is 11.5 Å². The van der Waals surface area contributed by atoms with Crippen molar-refractivity contribution in [1.29, 1.82) is 0 Å². The van der Waals surface area contributed by atoms with Gasteiger partial charge in [0.05, 0.1) is 18.7 Å². The van der Waals surface area contributed by atoms with Crippen molar-refractivity contribution in [3.63, 3.8) is 0 Å². The van der Waals surface area contributed by atoms with E-state index in [-0.39, 0.29) is 12.4 Å². The summed E-state index contributed by atoms with van der Waals surface area (Å²) in [5.74, 6) is 1.99. The van der Waals surface area contributed by atoms with Crippen molar-refractivity contribution in [3.05, 3.63) is 48.0 Å². The van der Waals surface area contributed by atoms with Gasteiger partial charge in [-0.3, -0.25) is 4.79 Å². The molecule has 3 aromatic rings. The van der Waals surface area contributed by atoms with Gasteiger partial charge in [0.1, 0.15) is 12.4 Å². The van der Waals surface area contributed by atoms with Crippen molar-refractivity contribution in [2.75, 3.05) is 31.8 Å². The Bertz CT molecular complexity index is 1010. The SMILES string of the molecule is CNc1nc(SC[C@H](O)COc2ccc(C(C)=O)cc2OC)nc2ccccc12. The molecule has 0 unspecified atom stereocenters. The third kappa shape index (κ3) is 5.16. The average Bonchev–Trinajstić information content (AvgIpc) is 2.75. The number of methoxy groups -OCH3 is 1.